The fourth-order valence-corrected chi connectivity index (χ4v) is 2.78. The van der Waals surface area contributed by atoms with Crippen molar-refractivity contribution in [2.45, 2.75) is 19.1 Å². The lowest BCUT2D eigenvalue weighted by Crippen LogP contribution is -2.39. The van der Waals surface area contributed by atoms with Gasteiger partial charge in [-0.25, -0.2) is 0 Å². The first-order valence-electron chi connectivity index (χ1n) is 7.97. The SMILES string of the molecule is COCCN(C(=S)Nc1cccc(C(F)(F)F)c1)C(C)c1ccccn1. The van der Waals surface area contributed by atoms with E-state index < -0.39 is 11.7 Å². The van der Waals surface area contributed by atoms with Gasteiger partial charge in [0, 0.05) is 25.5 Å². The second kappa shape index (κ2) is 8.95. The van der Waals surface area contributed by atoms with Gasteiger partial charge in [0.25, 0.3) is 0 Å². The molecule has 0 bridgehead atoms. The van der Waals surface area contributed by atoms with Crippen LogP contribution in [0.15, 0.2) is 48.7 Å². The van der Waals surface area contributed by atoms with E-state index in [2.05, 4.69) is 10.3 Å². The van der Waals surface area contributed by atoms with E-state index in [9.17, 15) is 13.2 Å². The molecule has 0 fully saturated rings. The van der Waals surface area contributed by atoms with Crippen LogP contribution in [-0.2, 0) is 10.9 Å². The Balaban J connectivity index is 2.19. The number of nitrogens with one attached hydrogen (secondary N) is 1. The van der Waals surface area contributed by atoms with Gasteiger partial charge in [0.1, 0.15) is 0 Å². The molecule has 0 aliphatic carbocycles. The van der Waals surface area contributed by atoms with Gasteiger partial charge in [-0.15, -0.1) is 0 Å². The number of benzene rings is 1. The summed E-state index contributed by atoms with van der Waals surface area (Å²) < 4.78 is 43.8. The summed E-state index contributed by atoms with van der Waals surface area (Å²) in [6, 6.07) is 10.3. The number of alkyl halides is 3. The largest absolute Gasteiger partial charge is 0.416 e. The van der Waals surface area contributed by atoms with E-state index in [1.807, 2.05) is 30.0 Å². The lowest BCUT2D eigenvalue weighted by atomic mass is 10.2. The standard InChI is InChI=1S/C18H20F3N3OS/c1-13(16-8-3-4-9-22-16)24(10-11-25-2)17(26)23-15-7-5-6-14(12-15)18(19,20)21/h3-9,12-13H,10-11H2,1-2H3,(H,23,26). The quantitative estimate of drug-likeness (QED) is 0.743. The maximum absolute atomic E-state index is 12.9. The predicted molar refractivity (Wildman–Crippen MR) is 98.9 cm³/mol. The number of hydrogen-bond acceptors (Lipinski definition) is 3. The summed E-state index contributed by atoms with van der Waals surface area (Å²) in [6.45, 7) is 2.82. The molecular formula is C18H20F3N3OS. The van der Waals surface area contributed by atoms with Crippen LogP contribution in [0.25, 0.3) is 0 Å². The van der Waals surface area contributed by atoms with Crippen LogP contribution >= 0.6 is 12.2 Å². The number of ether oxygens (including phenoxy) is 1. The molecule has 2 aromatic rings. The van der Waals surface area contributed by atoms with Crippen LogP contribution in [0.4, 0.5) is 18.9 Å². The highest BCUT2D eigenvalue weighted by molar-refractivity contribution is 7.80. The monoisotopic (exact) mass is 383 g/mol. The van der Waals surface area contributed by atoms with E-state index in [-0.39, 0.29) is 11.7 Å². The fourth-order valence-electron chi connectivity index (χ4n) is 2.41. The highest BCUT2D eigenvalue weighted by atomic mass is 32.1. The van der Waals surface area contributed by atoms with E-state index in [0.29, 0.717) is 18.3 Å². The third kappa shape index (κ3) is 5.40. The lowest BCUT2D eigenvalue weighted by Gasteiger charge is -2.31. The average Bonchev–Trinajstić information content (AvgIpc) is 2.62. The Kier molecular flexibility index (Phi) is 6.93. The van der Waals surface area contributed by atoms with E-state index >= 15 is 0 Å². The highest BCUT2D eigenvalue weighted by Crippen LogP contribution is 2.31. The molecule has 0 aliphatic rings. The van der Waals surface area contributed by atoms with Crippen molar-refractivity contribution in [3.05, 3.63) is 59.9 Å². The van der Waals surface area contributed by atoms with Crippen molar-refractivity contribution >= 4 is 23.0 Å². The van der Waals surface area contributed by atoms with Crippen LogP contribution in [0.5, 0.6) is 0 Å². The number of nitrogens with zero attached hydrogens (tertiary/aromatic N) is 2. The minimum Gasteiger partial charge on any atom is -0.383 e. The van der Waals surface area contributed by atoms with Gasteiger partial charge in [0.05, 0.1) is 23.9 Å². The number of rotatable bonds is 6. The molecule has 0 spiro atoms. The number of hydrogen-bond donors (Lipinski definition) is 1. The molecule has 140 valence electrons. The van der Waals surface area contributed by atoms with Gasteiger partial charge in [-0.2, -0.15) is 13.2 Å². The maximum atomic E-state index is 12.9. The molecule has 4 nitrogen and oxygen atoms in total. The Morgan fingerprint density at radius 2 is 2.04 bits per heavy atom. The summed E-state index contributed by atoms with van der Waals surface area (Å²) in [4.78, 5) is 6.16. The summed E-state index contributed by atoms with van der Waals surface area (Å²) in [6.07, 6.45) is -2.72. The van der Waals surface area contributed by atoms with Crippen LogP contribution in [0.1, 0.15) is 24.2 Å². The molecule has 8 heteroatoms. The molecular weight excluding hydrogens is 363 g/mol. The van der Waals surface area contributed by atoms with Crippen molar-refractivity contribution in [1.29, 1.82) is 0 Å². The summed E-state index contributed by atoms with van der Waals surface area (Å²) >= 11 is 5.43. The molecule has 1 aromatic carbocycles. The van der Waals surface area contributed by atoms with Gasteiger partial charge < -0.3 is 15.0 Å². The first-order valence-corrected chi connectivity index (χ1v) is 8.38. The zero-order valence-corrected chi connectivity index (χ0v) is 15.3. The fraction of sp³-hybridized carbons (Fsp3) is 0.333. The zero-order valence-electron chi connectivity index (χ0n) is 14.5. The Morgan fingerprint density at radius 1 is 1.27 bits per heavy atom. The molecule has 0 saturated heterocycles. The number of methoxy groups -OCH3 is 1. The second-order valence-electron chi connectivity index (χ2n) is 5.63. The first kappa shape index (κ1) is 20.1. The van der Waals surface area contributed by atoms with Crippen LogP contribution in [0.2, 0.25) is 0 Å². The third-order valence-electron chi connectivity index (χ3n) is 3.82. The Morgan fingerprint density at radius 3 is 2.65 bits per heavy atom. The lowest BCUT2D eigenvalue weighted by molar-refractivity contribution is -0.137. The molecule has 0 saturated carbocycles. The molecule has 1 aromatic heterocycles. The number of thiocarbonyl (C=S) groups is 1. The van der Waals surface area contributed by atoms with Crippen LogP contribution in [0.3, 0.4) is 0 Å². The van der Waals surface area contributed by atoms with Crippen molar-refractivity contribution < 1.29 is 17.9 Å². The summed E-state index contributed by atoms with van der Waals surface area (Å²) in [5.41, 5.74) is 0.351. The number of pyridine rings is 1. The topological polar surface area (TPSA) is 37.4 Å². The van der Waals surface area contributed by atoms with E-state index in [1.165, 1.54) is 6.07 Å². The molecule has 1 heterocycles. The van der Waals surface area contributed by atoms with E-state index in [1.54, 1.807) is 19.4 Å². The van der Waals surface area contributed by atoms with Gasteiger partial charge in [-0.3, -0.25) is 4.98 Å². The van der Waals surface area contributed by atoms with Gasteiger partial charge >= 0.3 is 6.18 Å². The van der Waals surface area contributed by atoms with Crippen molar-refractivity contribution in [2.75, 3.05) is 25.6 Å². The normalized spacial score (nSPS) is 12.5. The predicted octanol–water partition coefficient (Wildman–Crippen LogP) is 4.51. The van der Waals surface area contributed by atoms with Gasteiger partial charge in [0.2, 0.25) is 0 Å². The molecule has 1 unspecified atom stereocenters. The molecule has 1 N–H and O–H groups in total. The Bertz CT molecular complexity index is 725. The van der Waals surface area contributed by atoms with E-state index in [4.69, 9.17) is 17.0 Å². The second-order valence-corrected chi connectivity index (χ2v) is 6.01. The molecule has 0 aliphatic heterocycles. The smallest absolute Gasteiger partial charge is 0.383 e. The molecule has 0 amide bonds. The van der Waals surface area contributed by atoms with Crippen LogP contribution in [-0.4, -0.2) is 35.3 Å². The zero-order chi connectivity index (χ0) is 19.2. The Labute approximate surface area is 156 Å². The number of halogens is 3. The molecule has 1 atom stereocenters. The van der Waals surface area contributed by atoms with Crippen LogP contribution in [0, 0.1) is 0 Å². The van der Waals surface area contributed by atoms with Crippen LogP contribution < -0.4 is 5.32 Å². The van der Waals surface area contributed by atoms with Gasteiger partial charge in [-0.1, -0.05) is 12.1 Å². The average molecular weight is 383 g/mol. The van der Waals surface area contributed by atoms with Crippen molar-refractivity contribution in [3.63, 3.8) is 0 Å². The number of anilines is 1. The summed E-state index contributed by atoms with van der Waals surface area (Å²) in [5.74, 6) is 0. The number of aromatic nitrogens is 1. The van der Waals surface area contributed by atoms with Crippen molar-refractivity contribution in [1.82, 2.24) is 9.88 Å². The summed E-state index contributed by atoms with van der Waals surface area (Å²) in [7, 11) is 1.58. The van der Waals surface area contributed by atoms with Crippen molar-refractivity contribution in [2.24, 2.45) is 0 Å². The van der Waals surface area contributed by atoms with Gasteiger partial charge in [-0.05, 0) is 49.5 Å². The molecule has 0 radical (unpaired) electrons. The highest BCUT2D eigenvalue weighted by Gasteiger charge is 2.30. The van der Waals surface area contributed by atoms with Crippen molar-refractivity contribution in [3.8, 4) is 0 Å². The molecule has 2 rings (SSSR count). The maximum Gasteiger partial charge on any atom is 0.416 e. The van der Waals surface area contributed by atoms with E-state index in [0.717, 1.165) is 17.8 Å². The van der Waals surface area contributed by atoms with Gasteiger partial charge in [0.15, 0.2) is 5.11 Å². The first-order chi connectivity index (χ1) is 12.3. The minimum atomic E-state index is -4.41. The molecule has 26 heavy (non-hydrogen) atoms. The summed E-state index contributed by atoms with van der Waals surface area (Å²) in [5, 5.41) is 3.19. The Hall–Kier alpha value is -2.19. The minimum absolute atomic E-state index is 0.169. The third-order valence-corrected chi connectivity index (χ3v) is 4.16.